The molecule has 1 rings (SSSR count). The van der Waals surface area contributed by atoms with Crippen molar-refractivity contribution in [3.8, 4) is 5.75 Å². The van der Waals surface area contributed by atoms with Gasteiger partial charge in [-0.2, -0.15) is 0 Å². The summed E-state index contributed by atoms with van der Waals surface area (Å²) >= 11 is 0. The van der Waals surface area contributed by atoms with E-state index in [0.29, 0.717) is 0 Å². The van der Waals surface area contributed by atoms with Gasteiger partial charge in [0.05, 0.1) is 6.61 Å². The zero-order chi connectivity index (χ0) is 18.6. The molecule has 0 heterocycles. The van der Waals surface area contributed by atoms with Crippen molar-refractivity contribution in [2.45, 2.75) is 92.4 Å². The first-order valence-electron chi connectivity index (χ1n) is 9.55. The summed E-state index contributed by atoms with van der Waals surface area (Å²) in [6.45, 7) is 21.3. The molecule has 0 bridgehead atoms. The first-order chi connectivity index (χ1) is 10.9. The van der Waals surface area contributed by atoms with Crippen LogP contribution in [0, 0.1) is 11.8 Å². The molecule has 1 nitrogen and oxygen atoms in total. The minimum absolute atomic E-state index is 0.128. The van der Waals surface area contributed by atoms with E-state index in [1.807, 2.05) is 0 Å². The minimum atomic E-state index is 0.128. The summed E-state index contributed by atoms with van der Waals surface area (Å²) in [6, 6.07) is 6.83. The Labute approximate surface area is 151 Å². The maximum atomic E-state index is 6.19. The minimum Gasteiger partial charge on any atom is -0.493 e. The molecule has 137 valence electrons. The second kappa shape index (κ2) is 7.93. The highest BCUT2D eigenvalue weighted by atomic mass is 16.5. The van der Waals surface area contributed by atoms with Gasteiger partial charge in [0.15, 0.2) is 0 Å². The van der Waals surface area contributed by atoms with Crippen LogP contribution >= 0.6 is 0 Å². The highest BCUT2D eigenvalue weighted by Gasteiger charge is 2.26. The summed E-state index contributed by atoms with van der Waals surface area (Å²) in [5, 5.41) is 0. The van der Waals surface area contributed by atoms with Gasteiger partial charge in [0, 0.05) is 5.56 Å². The Kier molecular flexibility index (Phi) is 6.96. The molecular weight excluding hydrogens is 292 g/mol. The SMILES string of the molecule is CCC(C)(C)c1ccc(OCC[CH]C(C)(C)C)c(C(C)(C)CC)c1. The van der Waals surface area contributed by atoms with E-state index in [-0.39, 0.29) is 16.2 Å². The van der Waals surface area contributed by atoms with Crippen LogP contribution in [0.5, 0.6) is 5.75 Å². The molecule has 0 aliphatic heterocycles. The molecular formula is C23H39O. The van der Waals surface area contributed by atoms with Crippen LogP contribution in [0.15, 0.2) is 18.2 Å². The third-order valence-corrected chi connectivity index (χ3v) is 5.39. The van der Waals surface area contributed by atoms with E-state index in [2.05, 4.69) is 86.9 Å². The summed E-state index contributed by atoms with van der Waals surface area (Å²) < 4.78 is 6.19. The van der Waals surface area contributed by atoms with E-state index in [1.54, 1.807) is 0 Å². The zero-order valence-corrected chi connectivity index (χ0v) is 17.5. The Morgan fingerprint density at radius 2 is 1.46 bits per heavy atom. The fourth-order valence-corrected chi connectivity index (χ4v) is 2.66. The highest BCUT2D eigenvalue weighted by Crippen LogP contribution is 2.38. The molecule has 24 heavy (non-hydrogen) atoms. The molecule has 0 atom stereocenters. The molecule has 1 heteroatoms. The molecule has 0 aromatic heterocycles. The molecule has 0 saturated heterocycles. The third kappa shape index (κ3) is 5.83. The lowest BCUT2D eigenvalue weighted by Gasteiger charge is -2.30. The Morgan fingerprint density at radius 3 is 1.96 bits per heavy atom. The molecule has 1 aromatic carbocycles. The van der Waals surface area contributed by atoms with Gasteiger partial charge in [-0.1, -0.05) is 74.4 Å². The van der Waals surface area contributed by atoms with Gasteiger partial charge in [-0.05, 0) is 53.6 Å². The predicted octanol–water partition coefficient (Wildman–Crippen LogP) is 7.08. The molecule has 1 radical (unpaired) electrons. The normalized spacial score (nSPS) is 13.2. The van der Waals surface area contributed by atoms with Crippen molar-refractivity contribution in [3.05, 3.63) is 35.7 Å². The smallest absolute Gasteiger partial charge is 0.123 e. The first kappa shape index (κ1) is 21.1. The number of hydrogen-bond donors (Lipinski definition) is 0. The van der Waals surface area contributed by atoms with Gasteiger partial charge in [-0.3, -0.25) is 0 Å². The van der Waals surface area contributed by atoms with Crippen molar-refractivity contribution in [3.63, 3.8) is 0 Å². The Bertz CT molecular complexity index is 517. The lowest BCUT2D eigenvalue weighted by atomic mass is 9.76. The van der Waals surface area contributed by atoms with Gasteiger partial charge in [0.25, 0.3) is 0 Å². The Balaban J connectivity index is 3.03. The molecule has 0 aliphatic rings. The zero-order valence-electron chi connectivity index (χ0n) is 17.5. The average Bonchev–Trinajstić information content (AvgIpc) is 2.50. The van der Waals surface area contributed by atoms with Gasteiger partial charge in [0.2, 0.25) is 0 Å². The van der Waals surface area contributed by atoms with Crippen LogP contribution in [0.4, 0.5) is 0 Å². The van der Waals surface area contributed by atoms with Crippen LogP contribution in [0.1, 0.15) is 92.7 Å². The van der Waals surface area contributed by atoms with Crippen molar-refractivity contribution in [2.24, 2.45) is 5.41 Å². The molecule has 1 aromatic rings. The second-order valence-electron chi connectivity index (χ2n) is 9.39. The molecule has 0 aliphatic carbocycles. The van der Waals surface area contributed by atoms with Gasteiger partial charge < -0.3 is 4.74 Å². The van der Waals surface area contributed by atoms with E-state index in [1.165, 1.54) is 11.1 Å². The monoisotopic (exact) mass is 331 g/mol. The van der Waals surface area contributed by atoms with Gasteiger partial charge >= 0.3 is 0 Å². The molecule has 0 unspecified atom stereocenters. The maximum absolute atomic E-state index is 6.19. The fourth-order valence-electron chi connectivity index (χ4n) is 2.66. The van der Waals surface area contributed by atoms with Crippen molar-refractivity contribution in [1.82, 2.24) is 0 Å². The van der Waals surface area contributed by atoms with Gasteiger partial charge in [-0.25, -0.2) is 0 Å². The van der Waals surface area contributed by atoms with Gasteiger partial charge in [-0.15, -0.1) is 0 Å². The standard InChI is InChI=1S/C23H39O/c1-10-22(6,7)18-13-14-20(19(17-18)23(8,9)11-2)24-16-12-15-21(3,4)5/h13-15,17H,10-12,16H2,1-9H3. The van der Waals surface area contributed by atoms with Crippen LogP contribution in [-0.4, -0.2) is 6.61 Å². The number of ether oxygens (including phenoxy) is 1. The summed E-state index contributed by atoms with van der Waals surface area (Å²) in [4.78, 5) is 0. The summed E-state index contributed by atoms with van der Waals surface area (Å²) in [5.74, 6) is 1.06. The third-order valence-electron chi connectivity index (χ3n) is 5.39. The number of hydrogen-bond acceptors (Lipinski definition) is 1. The van der Waals surface area contributed by atoms with Crippen LogP contribution in [0.25, 0.3) is 0 Å². The molecule has 0 fully saturated rings. The Morgan fingerprint density at radius 1 is 0.875 bits per heavy atom. The lowest BCUT2D eigenvalue weighted by molar-refractivity contribution is 0.296. The van der Waals surface area contributed by atoms with E-state index < -0.39 is 0 Å². The predicted molar refractivity (Wildman–Crippen MR) is 107 cm³/mol. The molecule has 0 saturated carbocycles. The van der Waals surface area contributed by atoms with Crippen molar-refractivity contribution < 1.29 is 4.74 Å². The fraction of sp³-hybridized carbons (Fsp3) is 0.696. The lowest BCUT2D eigenvalue weighted by Crippen LogP contribution is -2.21. The summed E-state index contributed by atoms with van der Waals surface area (Å²) in [7, 11) is 0. The van der Waals surface area contributed by atoms with Crippen LogP contribution in [0.3, 0.4) is 0 Å². The second-order valence-corrected chi connectivity index (χ2v) is 9.39. The highest BCUT2D eigenvalue weighted by molar-refractivity contribution is 5.44. The van der Waals surface area contributed by atoms with Crippen LogP contribution in [0.2, 0.25) is 0 Å². The van der Waals surface area contributed by atoms with Crippen molar-refractivity contribution in [2.75, 3.05) is 6.61 Å². The largest absolute Gasteiger partial charge is 0.493 e. The average molecular weight is 332 g/mol. The van der Waals surface area contributed by atoms with Crippen LogP contribution < -0.4 is 4.74 Å². The van der Waals surface area contributed by atoms with E-state index in [4.69, 9.17) is 4.74 Å². The molecule has 0 amide bonds. The van der Waals surface area contributed by atoms with Crippen molar-refractivity contribution in [1.29, 1.82) is 0 Å². The van der Waals surface area contributed by atoms with Crippen LogP contribution in [-0.2, 0) is 10.8 Å². The number of rotatable bonds is 8. The summed E-state index contributed by atoms with van der Waals surface area (Å²) in [6.07, 6.45) is 5.57. The Hall–Kier alpha value is -0.980. The molecule has 0 N–H and O–H groups in total. The topological polar surface area (TPSA) is 9.23 Å². The summed E-state index contributed by atoms with van der Waals surface area (Å²) in [5.41, 5.74) is 3.35. The van der Waals surface area contributed by atoms with Gasteiger partial charge in [0.1, 0.15) is 5.75 Å². The van der Waals surface area contributed by atoms with E-state index in [0.717, 1.165) is 31.6 Å². The maximum Gasteiger partial charge on any atom is 0.123 e. The number of benzene rings is 1. The quantitative estimate of drug-likeness (QED) is 0.462. The molecule has 0 spiro atoms. The van der Waals surface area contributed by atoms with E-state index >= 15 is 0 Å². The van der Waals surface area contributed by atoms with E-state index in [9.17, 15) is 0 Å². The first-order valence-corrected chi connectivity index (χ1v) is 9.55. The van der Waals surface area contributed by atoms with Crippen molar-refractivity contribution >= 4 is 0 Å².